The molecule has 2 nitrogen and oxygen atoms in total. The van der Waals surface area contributed by atoms with Gasteiger partial charge in [-0.25, -0.2) is 0 Å². The lowest BCUT2D eigenvalue weighted by Gasteiger charge is -2.41. The SMILES string of the molecule is CCC1(C)CCN(C(C)C(=O)c2ccccc2)CC1. The average molecular weight is 259 g/mol. The maximum atomic E-state index is 12.4. The van der Waals surface area contributed by atoms with Gasteiger partial charge in [0.2, 0.25) is 0 Å². The molecule has 1 fully saturated rings. The topological polar surface area (TPSA) is 20.3 Å². The number of nitrogens with zero attached hydrogens (tertiary/aromatic N) is 1. The third-order valence-corrected chi connectivity index (χ3v) is 4.84. The molecule has 0 radical (unpaired) electrons. The Bertz CT molecular complexity index is 418. The van der Waals surface area contributed by atoms with Gasteiger partial charge in [0.1, 0.15) is 0 Å². The molecule has 19 heavy (non-hydrogen) atoms. The van der Waals surface area contributed by atoms with Crippen LogP contribution in [0.4, 0.5) is 0 Å². The van der Waals surface area contributed by atoms with E-state index in [4.69, 9.17) is 0 Å². The molecule has 0 bridgehead atoms. The summed E-state index contributed by atoms with van der Waals surface area (Å²) in [6, 6.07) is 9.66. The number of likely N-dealkylation sites (tertiary alicyclic amines) is 1. The van der Waals surface area contributed by atoms with E-state index in [0.717, 1.165) is 18.7 Å². The normalized spacial score (nSPS) is 21.0. The van der Waals surface area contributed by atoms with Gasteiger partial charge in [-0.2, -0.15) is 0 Å². The summed E-state index contributed by atoms with van der Waals surface area (Å²) in [6.45, 7) is 8.78. The number of hydrogen-bond acceptors (Lipinski definition) is 2. The summed E-state index contributed by atoms with van der Waals surface area (Å²) >= 11 is 0. The Balaban J connectivity index is 1.98. The van der Waals surface area contributed by atoms with Crippen molar-refractivity contribution < 1.29 is 4.79 Å². The number of Topliss-reactive ketones (excluding diaryl/α,β-unsaturated/α-hetero) is 1. The van der Waals surface area contributed by atoms with Crippen molar-refractivity contribution >= 4 is 5.78 Å². The lowest BCUT2D eigenvalue weighted by molar-refractivity contribution is 0.0642. The molecule has 1 atom stereocenters. The molecule has 2 heteroatoms. The molecule has 1 aromatic carbocycles. The molecule has 0 spiro atoms. The molecule has 1 aromatic rings. The smallest absolute Gasteiger partial charge is 0.179 e. The van der Waals surface area contributed by atoms with E-state index < -0.39 is 0 Å². The number of carbonyl (C=O) groups is 1. The Kier molecular flexibility index (Phi) is 4.41. The van der Waals surface area contributed by atoms with Gasteiger partial charge >= 0.3 is 0 Å². The highest BCUT2D eigenvalue weighted by atomic mass is 16.1. The van der Waals surface area contributed by atoms with E-state index >= 15 is 0 Å². The van der Waals surface area contributed by atoms with Crippen LogP contribution in [0.25, 0.3) is 0 Å². The van der Waals surface area contributed by atoms with Crippen molar-refractivity contribution in [3.8, 4) is 0 Å². The van der Waals surface area contributed by atoms with E-state index in [1.54, 1.807) is 0 Å². The van der Waals surface area contributed by atoms with Crippen LogP contribution in [0.1, 0.15) is 50.4 Å². The molecule has 1 unspecified atom stereocenters. The average Bonchev–Trinajstić information content (AvgIpc) is 2.47. The van der Waals surface area contributed by atoms with Gasteiger partial charge in [0.15, 0.2) is 5.78 Å². The quantitative estimate of drug-likeness (QED) is 0.767. The molecule has 0 aromatic heterocycles. The van der Waals surface area contributed by atoms with E-state index in [1.807, 2.05) is 37.3 Å². The van der Waals surface area contributed by atoms with Crippen molar-refractivity contribution in [2.24, 2.45) is 5.41 Å². The minimum Gasteiger partial charge on any atom is -0.293 e. The van der Waals surface area contributed by atoms with Crippen LogP contribution in [0.2, 0.25) is 0 Å². The molecular formula is C17H25NO. The van der Waals surface area contributed by atoms with Crippen molar-refractivity contribution in [1.82, 2.24) is 4.90 Å². The van der Waals surface area contributed by atoms with Gasteiger partial charge in [-0.1, -0.05) is 50.6 Å². The Morgan fingerprint density at radius 1 is 1.26 bits per heavy atom. The van der Waals surface area contributed by atoms with Crippen LogP contribution in [0.15, 0.2) is 30.3 Å². The molecule has 0 aliphatic carbocycles. The molecule has 0 N–H and O–H groups in total. The number of piperidine rings is 1. The zero-order chi connectivity index (χ0) is 13.9. The number of hydrogen-bond donors (Lipinski definition) is 0. The Morgan fingerprint density at radius 2 is 1.84 bits per heavy atom. The summed E-state index contributed by atoms with van der Waals surface area (Å²) in [7, 11) is 0. The second kappa shape index (κ2) is 5.87. The van der Waals surface area contributed by atoms with Crippen LogP contribution in [0.3, 0.4) is 0 Å². The molecular weight excluding hydrogens is 234 g/mol. The predicted molar refractivity (Wildman–Crippen MR) is 79.4 cm³/mol. The maximum Gasteiger partial charge on any atom is 0.179 e. The summed E-state index contributed by atoms with van der Waals surface area (Å²) < 4.78 is 0. The first kappa shape index (κ1) is 14.3. The zero-order valence-electron chi connectivity index (χ0n) is 12.4. The van der Waals surface area contributed by atoms with Crippen LogP contribution in [0.5, 0.6) is 0 Å². The van der Waals surface area contributed by atoms with E-state index in [1.165, 1.54) is 19.3 Å². The molecule has 2 rings (SSSR count). The van der Waals surface area contributed by atoms with Gasteiger partial charge in [0, 0.05) is 5.56 Å². The van der Waals surface area contributed by atoms with E-state index in [-0.39, 0.29) is 11.8 Å². The molecule has 1 saturated heterocycles. The summed E-state index contributed by atoms with van der Waals surface area (Å²) in [6.07, 6.45) is 3.65. The number of rotatable bonds is 4. The Labute approximate surface area is 116 Å². The number of ketones is 1. The molecule has 104 valence electrons. The van der Waals surface area contributed by atoms with Crippen LogP contribution in [0, 0.1) is 5.41 Å². The summed E-state index contributed by atoms with van der Waals surface area (Å²) in [5.74, 6) is 0.251. The van der Waals surface area contributed by atoms with Crippen LogP contribution < -0.4 is 0 Å². The number of carbonyl (C=O) groups excluding carboxylic acids is 1. The fourth-order valence-corrected chi connectivity index (χ4v) is 2.81. The molecule has 1 aliphatic rings. The zero-order valence-corrected chi connectivity index (χ0v) is 12.4. The molecule has 0 saturated carbocycles. The Morgan fingerprint density at radius 3 is 2.37 bits per heavy atom. The fourth-order valence-electron chi connectivity index (χ4n) is 2.81. The predicted octanol–water partition coefficient (Wildman–Crippen LogP) is 3.77. The highest BCUT2D eigenvalue weighted by Crippen LogP contribution is 2.34. The lowest BCUT2D eigenvalue weighted by atomic mass is 9.78. The van der Waals surface area contributed by atoms with Crippen molar-refractivity contribution in [2.75, 3.05) is 13.1 Å². The van der Waals surface area contributed by atoms with Gasteiger partial charge in [0.25, 0.3) is 0 Å². The Hall–Kier alpha value is -1.15. The van der Waals surface area contributed by atoms with Crippen LogP contribution in [-0.2, 0) is 0 Å². The monoisotopic (exact) mass is 259 g/mol. The summed E-state index contributed by atoms with van der Waals surface area (Å²) in [5, 5.41) is 0. The fraction of sp³-hybridized carbons (Fsp3) is 0.588. The van der Waals surface area contributed by atoms with Gasteiger partial charge in [-0.05, 0) is 38.3 Å². The summed E-state index contributed by atoms with van der Waals surface area (Å²) in [4.78, 5) is 14.8. The van der Waals surface area contributed by atoms with E-state index in [0.29, 0.717) is 5.41 Å². The summed E-state index contributed by atoms with van der Waals surface area (Å²) in [5.41, 5.74) is 1.31. The van der Waals surface area contributed by atoms with E-state index in [9.17, 15) is 4.79 Å². The van der Waals surface area contributed by atoms with Gasteiger partial charge in [0.05, 0.1) is 6.04 Å². The minimum atomic E-state index is 0.00352. The first-order chi connectivity index (χ1) is 9.06. The van der Waals surface area contributed by atoms with Crippen molar-refractivity contribution in [3.05, 3.63) is 35.9 Å². The lowest BCUT2D eigenvalue weighted by Crippen LogP contribution is -2.46. The highest BCUT2D eigenvalue weighted by molar-refractivity contribution is 5.99. The third kappa shape index (κ3) is 3.24. The first-order valence-electron chi connectivity index (χ1n) is 7.39. The third-order valence-electron chi connectivity index (χ3n) is 4.84. The van der Waals surface area contributed by atoms with Crippen LogP contribution in [-0.4, -0.2) is 29.8 Å². The van der Waals surface area contributed by atoms with Crippen molar-refractivity contribution in [1.29, 1.82) is 0 Å². The number of benzene rings is 1. The maximum absolute atomic E-state index is 12.4. The van der Waals surface area contributed by atoms with Crippen LogP contribution >= 0.6 is 0 Å². The second-order valence-corrected chi connectivity index (χ2v) is 6.11. The minimum absolute atomic E-state index is 0.00352. The van der Waals surface area contributed by atoms with Gasteiger partial charge < -0.3 is 0 Å². The highest BCUT2D eigenvalue weighted by Gasteiger charge is 2.32. The van der Waals surface area contributed by atoms with Gasteiger partial charge in [-0.15, -0.1) is 0 Å². The molecule has 0 amide bonds. The van der Waals surface area contributed by atoms with E-state index in [2.05, 4.69) is 18.7 Å². The standard InChI is InChI=1S/C17H25NO/c1-4-17(3)10-12-18(13-11-17)14(2)16(19)15-8-6-5-7-9-15/h5-9,14H,4,10-13H2,1-3H3. The van der Waals surface area contributed by atoms with Crippen molar-refractivity contribution in [3.63, 3.8) is 0 Å². The van der Waals surface area contributed by atoms with Gasteiger partial charge in [-0.3, -0.25) is 9.69 Å². The first-order valence-corrected chi connectivity index (χ1v) is 7.39. The second-order valence-electron chi connectivity index (χ2n) is 6.11. The molecule has 1 heterocycles. The van der Waals surface area contributed by atoms with Crippen molar-refractivity contribution in [2.45, 2.75) is 46.1 Å². The largest absolute Gasteiger partial charge is 0.293 e. The molecule has 1 aliphatic heterocycles.